The Kier molecular flexibility index (Phi) is 3.98. The Morgan fingerprint density at radius 1 is 0.895 bits per heavy atom. The van der Waals surface area contributed by atoms with E-state index in [0.717, 1.165) is 32.8 Å². The first-order valence-corrected chi connectivity index (χ1v) is 6.80. The van der Waals surface area contributed by atoms with E-state index in [9.17, 15) is 5.11 Å². The van der Waals surface area contributed by atoms with E-state index in [1.807, 2.05) is 45.0 Å². The van der Waals surface area contributed by atoms with Gasteiger partial charge in [0.25, 0.3) is 0 Å². The summed E-state index contributed by atoms with van der Waals surface area (Å²) >= 11 is 6.11. The van der Waals surface area contributed by atoms with Crippen molar-refractivity contribution < 1.29 is 5.11 Å². The molecule has 1 atom stereocenters. The molecular weight excluding hydrogens is 256 g/mol. The largest absolute Gasteiger partial charge is 0.384 e. The van der Waals surface area contributed by atoms with Crippen LogP contribution >= 0.6 is 11.6 Å². The molecule has 0 aliphatic carbocycles. The van der Waals surface area contributed by atoms with Crippen LogP contribution in [0.15, 0.2) is 30.3 Å². The summed E-state index contributed by atoms with van der Waals surface area (Å²) in [5.41, 5.74) is 6.23. The van der Waals surface area contributed by atoms with Crippen LogP contribution in [0.5, 0.6) is 0 Å². The molecule has 0 bridgehead atoms. The molecule has 0 spiro atoms. The van der Waals surface area contributed by atoms with E-state index in [-0.39, 0.29) is 0 Å². The van der Waals surface area contributed by atoms with Crippen molar-refractivity contribution in [2.75, 3.05) is 0 Å². The monoisotopic (exact) mass is 274 g/mol. The standard InChI is InChI=1S/C17H19ClO/c1-10-6-5-7-14(13(10)4)17(19)15-8-12(3)16(18)9-11(15)2/h5-9,17,19H,1-4H3. The first kappa shape index (κ1) is 14.1. The smallest absolute Gasteiger partial charge is 0.105 e. The van der Waals surface area contributed by atoms with Gasteiger partial charge in [-0.05, 0) is 67.1 Å². The minimum atomic E-state index is -0.601. The highest BCUT2D eigenvalue weighted by Gasteiger charge is 2.16. The van der Waals surface area contributed by atoms with Gasteiger partial charge < -0.3 is 5.11 Å². The fourth-order valence-electron chi connectivity index (χ4n) is 2.34. The van der Waals surface area contributed by atoms with Gasteiger partial charge in [0.1, 0.15) is 6.10 Å². The minimum Gasteiger partial charge on any atom is -0.384 e. The van der Waals surface area contributed by atoms with Crippen molar-refractivity contribution in [3.05, 3.63) is 68.7 Å². The lowest BCUT2D eigenvalue weighted by Gasteiger charge is -2.18. The number of benzene rings is 2. The zero-order valence-electron chi connectivity index (χ0n) is 11.8. The van der Waals surface area contributed by atoms with Gasteiger partial charge in [-0.15, -0.1) is 0 Å². The molecule has 0 fully saturated rings. The van der Waals surface area contributed by atoms with Crippen LogP contribution in [0.2, 0.25) is 5.02 Å². The van der Waals surface area contributed by atoms with Gasteiger partial charge in [0.2, 0.25) is 0 Å². The maximum atomic E-state index is 10.7. The van der Waals surface area contributed by atoms with Gasteiger partial charge in [0.15, 0.2) is 0 Å². The van der Waals surface area contributed by atoms with Crippen LogP contribution < -0.4 is 0 Å². The molecule has 0 aliphatic rings. The Bertz CT molecular complexity index is 617. The maximum absolute atomic E-state index is 10.7. The number of aryl methyl sites for hydroxylation is 3. The van der Waals surface area contributed by atoms with Crippen molar-refractivity contribution in [3.8, 4) is 0 Å². The lowest BCUT2D eigenvalue weighted by atomic mass is 9.92. The first-order chi connectivity index (χ1) is 8.91. The van der Waals surface area contributed by atoms with Crippen LogP contribution in [0.4, 0.5) is 0 Å². The van der Waals surface area contributed by atoms with E-state index in [0.29, 0.717) is 0 Å². The Morgan fingerprint density at radius 2 is 1.58 bits per heavy atom. The molecule has 2 aromatic rings. The second kappa shape index (κ2) is 5.36. The van der Waals surface area contributed by atoms with E-state index in [4.69, 9.17) is 11.6 Å². The van der Waals surface area contributed by atoms with E-state index < -0.39 is 6.10 Å². The second-order valence-electron chi connectivity index (χ2n) is 5.15. The molecule has 2 aromatic carbocycles. The predicted molar refractivity (Wildman–Crippen MR) is 80.9 cm³/mol. The van der Waals surface area contributed by atoms with Crippen molar-refractivity contribution in [3.63, 3.8) is 0 Å². The van der Waals surface area contributed by atoms with Crippen LogP contribution in [0.3, 0.4) is 0 Å². The van der Waals surface area contributed by atoms with E-state index in [2.05, 4.69) is 13.0 Å². The Morgan fingerprint density at radius 3 is 2.26 bits per heavy atom. The van der Waals surface area contributed by atoms with Crippen molar-refractivity contribution in [2.45, 2.75) is 33.8 Å². The second-order valence-corrected chi connectivity index (χ2v) is 5.56. The Labute approximate surface area is 119 Å². The fraction of sp³-hybridized carbons (Fsp3) is 0.294. The van der Waals surface area contributed by atoms with Crippen molar-refractivity contribution in [2.24, 2.45) is 0 Å². The molecule has 2 heteroatoms. The average Bonchev–Trinajstić information content (AvgIpc) is 2.36. The molecule has 1 unspecified atom stereocenters. The molecular formula is C17H19ClO. The molecule has 0 aromatic heterocycles. The van der Waals surface area contributed by atoms with E-state index in [1.54, 1.807) is 0 Å². The quantitative estimate of drug-likeness (QED) is 0.845. The summed E-state index contributed by atoms with van der Waals surface area (Å²) in [6.07, 6.45) is -0.601. The number of hydrogen-bond acceptors (Lipinski definition) is 1. The van der Waals surface area contributed by atoms with Gasteiger partial charge in [0.05, 0.1) is 0 Å². The molecule has 0 amide bonds. The summed E-state index contributed by atoms with van der Waals surface area (Å²) in [4.78, 5) is 0. The van der Waals surface area contributed by atoms with Crippen LogP contribution in [-0.4, -0.2) is 5.11 Å². The summed E-state index contributed by atoms with van der Waals surface area (Å²) < 4.78 is 0. The third kappa shape index (κ3) is 2.68. The van der Waals surface area contributed by atoms with Crippen LogP contribution in [-0.2, 0) is 0 Å². The molecule has 19 heavy (non-hydrogen) atoms. The first-order valence-electron chi connectivity index (χ1n) is 6.42. The summed E-state index contributed by atoms with van der Waals surface area (Å²) in [7, 11) is 0. The van der Waals surface area contributed by atoms with Gasteiger partial charge in [-0.3, -0.25) is 0 Å². The van der Waals surface area contributed by atoms with Crippen LogP contribution in [0, 0.1) is 27.7 Å². The van der Waals surface area contributed by atoms with Crippen LogP contribution in [0.25, 0.3) is 0 Å². The summed E-state index contributed by atoms with van der Waals surface area (Å²) in [5, 5.41) is 11.4. The molecule has 100 valence electrons. The van der Waals surface area contributed by atoms with Crippen LogP contribution in [0.1, 0.15) is 39.5 Å². The average molecular weight is 275 g/mol. The van der Waals surface area contributed by atoms with E-state index >= 15 is 0 Å². The fourth-order valence-corrected chi connectivity index (χ4v) is 2.55. The number of aliphatic hydroxyl groups is 1. The molecule has 0 heterocycles. The third-order valence-electron chi connectivity index (χ3n) is 3.78. The highest BCUT2D eigenvalue weighted by atomic mass is 35.5. The molecule has 0 radical (unpaired) electrons. The highest BCUT2D eigenvalue weighted by molar-refractivity contribution is 6.31. The highest BCUT2D eigenvalue weighted by Crippen LogP contribution is 2.31. The number of hydrogen-bond donors (Lipinski definition) is 1. The summed E-state index contributed by atoms with van der Waals surface area (Å²) in [6.45, 7) is 8.05. The molecule has 1 nitrogen and oxygen atoms in total. The summed E-state index contributed by atoms with van der Waals surface area (Å²) in [6, 6.07) is 9.92. The van der Waals surface area contributed by atoms with Gasteiger partial charge in [-0.25, -0.2) is 0 Å². The van der Waals surface area contributed by atoms with Gasteiger partial charge in [-0.2, -0.15) is 0 Å². The van der Waals surface area contributed by atoms with Gasteiger partial charge in [0, 0.05) is 5.02 Å². The number of aliphatic hydroxyl groups excluding tert-OH is 1. The number of halogens is 1. The summed E-state index contributed by atoms with van der Waals surface area (Å²) in [5.74, 6) is 0. The molecule has 0 aliphatic heterocycles. The van der Waals surface area contributed by atoms with E-state index in [1.165, 1.54) is 5.56 Å². The lowest BCUT2D eigenvalue weighted by molar-refractivity contribution is 0.218. The number of rotatable bonds is 2. The van der Waals surface area contributed by atoms with Crippen molar-refractivity contribution in [1.29, 1.82) is 0 Å². The topological polar surface area (TPSA) is 20.2 Å². The maximum Gasteiger partial charge on any atom is 0.105 e. The Hall–Kier alpha value is -1.31. The van der Waals surface area contributed by atoms with Crippen molar-refractivity contribution in [1.82, 2.24) is 0 Å². The Balaban J connectivity index is 2.53. The lowest BCUT2D eigenvalue weighted by Crippen LogP contribution is -2.05. The molecule has 2 rings (SSSR count). The van der Waals surface area contributed by atoms with Gasteiger partial charge >= 0.3 is 0 Å². The zero-order valence-corrected chi connectivity index (χ0v) is 12.5. The normalized spacial score (nSPS) is 12.5. The molecule has 0 saturated carbocycles. The predicted octanol–water partition coefficient (Wildman–Crippen LogP) is 4.66. The third-order valence-corrected chi connectivity index (χ3v) is 4.19. The molecule has 0 saturated heterocycles. The zero-order chi connectivity index (χ0) is 14.2. The van der Waals surface area contributed by atoms with Gasteiger partial charge in [-0.1, -0.05) is 35.9 Å². The minimum absolute atomic E-state index is 0.601. The molecule has 1 N–H and O–H groups in total. The SMILES string of the molecule is Cc1cc(C(O)c2cccc(C)c2C)c(C)cc1Cl. The van der Waals surface area contributed by atoms with Crippen molar-refractivity contribution >= 4 is 11.6 Å².